The zero-order valence-electron chi connectivity index (χ0n) is 18.4. The predicted molar refractivity (Wildman–Crippen MR) is 114 cm³/mol. The Morgan fingerprint density at radius 1 is 1.19 bits per heavy atom. The maximum absolute atomic E-state index is 11.7. The Morgan fingerprint density at radius 2 is 1.94 bits per heavy atom. The van der Waals surface area contributed by atoms with E-state index in [4.69, 9.17) is 4.74 Å². The number of esters is 1. The highest BCUT2D eigenvalue weighted by atomic mass is 16.5. The van der Waals surface area contributed by atoms with Gasteiger partial charge in [0, 0.05) is 25.8 Å². The van der Waals surface area contributed by atoms with Crippen LogP contribution in [0, 0.1) is 5.41 Å². The van der Waals surface area contributed by atoms with Gasteiger partial charge in [0.1, 0.15) is 12.9 Å². The van der Waals surface area contributed by atoms with Gasteiger partial charge in [0.2, 0.25) is 0 Å². The molecule has 2 aromatic heterocycles. The van der Waals surface area contributed by atoms with Crippen LogP contribution in [0.5, 0.6) is 0 Å². The van der Waals surface area contributed by atoms with Crippen molar-refractivity contribution in [2.45, 2.75) is 38.7 Å². The Bertz CT molecular complexity index is 989. The van der Waals surface area contributed by atoms with E-state index in [1.54, 1.807) is 6.20 Å². The van der Waals surface area contributed by atoms with Gasteiger partial charge >= 0.3 is 5.97 Å². The second-order valence-electron chi connectivity index (χ2n) is 9.15. The topological polar surface area (TPSA) is 110 Å². The van der Waals surface area contributed by atoms with E-state index in [0.29, 0.717) is 24.4 Å². The minimum absolute atomic E-state index is 0.175. The fraction of sp³-hybridized carbons (Fsp3) is 0.591. The van der Waals surface area contributed by atoms with Crippen LogP contribution < -0.4 is 0 Å². The molecule has 0 radical (unpaired) electrons. The van der Waals surface area contributed by atoms with Gasteiger partial charge in [0.05, 0.1) is 17.4 Å². The second kappa shape index (κ2) is 8.59. The Kier molecular flexibility index (Phi) is 5.64. The zero-order chi connectivity index (χ0) is 22.1. The monoisotopic (exact) mass is 439 g/mol. The van der Waals surface area contributed by atoms with Crippen molar-refractivity contribution < 1.29 is 14.6 Å². The summed E-state index contributed by atoms with van der Waals surface area (Å²) < 4.78 is 6.67. The van der Waals surface area contributed by atoms with Gasteiger partial charge in [-0.2, -0.15) is 4.68 Å². The molecule has 5 heterocycles. The fourth-order valence-corrected chi connectivity index (χ4v) is 5.14. The number of rotatable bonds is 5. The summed E-state index contributed by atoms with van der Waals surface area (Å²) in [5.41, 5.74) is 3.03. The van der Waals surface area contributed by atoms with Gasteiger partial charge in [-0.25, -0.2) is 9.78 Å². The smallest absolute Gasteiger partial charge is 0.335 e. The van der Waals surface area contributed by atoms with E-state index in [1.165, 1.54) is 11.0 Å². The van der Waals surface area contributed by atoms with Crippen LogP contribution in [-0.2, 0) is 9.53 Å². The van der Waals surface area contributed by atoms with Crippen LogP contribution in [0.15, 0.2) is 35.9 Å². The third kappa shape index (κ3) is 4.12. The van der Waals surface area contributed by atoms with E-state index >= 15 is 0 Å². The molecule has 1 atom stereocenters. The molecule has 0 aliphatic carbocycles. The summed E-state index contributed by atoms with van der Waals surface area (Å²) in [6, 6.07) is 3.67. The maximum Gasteiger partial charge on any atom is 0.335 e. The minimum Gasteiger partial charge on any atom is -0.456 e. The average Bonchev–Trinajstić information content (AvgIpc) is 3.47. The molecule has 0 unspecified atom stereocenters. The number of pyridine rings is 1. The van der Waals surface area contributed by atoms with E-state index in [9.17, 15) is 9.90 Å². The summed E-state index contributed by atoms with van der Waals surface area (Å²) in [5, 5.41) is 22.0. The van der Waals surface area contributed by atoms with Gasteiger partial charge in [-0.3, -0.25) is 0 Å². The highest BCUT2D eigenvalue weighted by molar-refractivity contribution is 5.90. The predicted octanol–water partition coefficient (Wildman–Crippen LogP) is 1.10. The summed E-state index contributed by atoms with van der Waals surface area (Å²) in [4.78, 5) is 20.7. The van der Waals surface area contributed by atoms with Crippen LogP contribution in [0.1, 0.15) is 44.3 Å². The van der Waals surface area contributed by atoms with Crippen molar-refractivity contribution >= 4 is 5.97 Å². The lowest BCUT2D eigenvalue weighted by Gasteiger charge is -2.47. The van der Waals surface area contributed by atoms with E-state index in [1.807, 2.05) is 19.1 Å². The standard InChI is InChI=1S/C22H29N7O3/c1-16-18(14-32-21(16)31)28-10-5-22(6-11-28)3-8-27(9-4-22)13-19(30)17-2-7-23-20(12-17)29-15-24-25-26-29/h2,7,12,15,19,30H,3-6,8-11,13-14H2,1H3/t19-/m1/s1. The summed E-state index contributed by atoms with van der Waals surface area (Å²) in [6.45, 7) is 6.86. The highest BCUT2D eigenvalue weighted by Gasteiger charge is 2.39. The number of likely N-dealkylation sites (tertiary alicyclic amines) is 2. The van der Waals surface area contributed by atoms with Crippen molar-refractivity contribution in [2.75, 3.05) is 39.3 Å². The minimum atomic E-state index is -0.584. The number of cyclic esters (lactones) is 1. The lowest BCUT2D eigenvalue weighted by Crippen LogP contribution is -2.47. The first-order valence-electron chi connectivity index (χ1n) is 11.2. The Balaban J connectivity index is 1.14. The molecule has 170 valence electrons. The Labute approximate surface area is 186 Å². The molecular weight excluding hydrogens is 410 g/mol. The molecule has 2 saturated heterocycles. The van der Waals surface area contributed by atoms with Crippen molar-refractivity contribution in [1.82, 2.24) is 35.0 Å². The number of hydrogen-bond donors (Lipinski definition) is 1. The molecule has 2 fully saturated rings. The maximum atomic E-state index is 11.7. The first-order chi connectivity index (χ1) is 15.5. The van der Waals surface area contributed by atoms with E-state index < -0.39 is 6.10 Å². The molecule has 0 saturated carbocycles. The lowest BCUT2D eigenvalue weighted by molar-refractivity contribution is -0.136. The van der Waals surface area contributed by atoms with Crippen LogP contribution in [0.4, 0.5) is 0 Å². The van der Waals surface area contributed by atoms with Gasteiger partial charge in [-0.15, -0.1) is 5.10 Å². The second-order valence-corrected chi connectivity index (χ2v) is 9.15. The highest BCUT2D eigenvalue weighted by Crippen LogP contribution is 2.42. The Hall–Kier alpha value is -2.85. The third-order valence-corrected chi connectivity index (χ3v) is 7.37. The molecule has 10 heteroatoms. The summed E-state index contributed by atoms with van der Waals surface area (Å²) >= 11 is 0. The van der Waals surface area contributed by atoms with Gasteiger partial charge < -0.3 is 19.6 Å². The summed E-state index contributed by atoms with van der Waals surface area (Å²) in [7, 11) is 0. The number of β-amino-alcohol motifs (C(OH)–C–C–N with tert-alkyl or cyclic N) is 1. The number of carbonyl (C=O) groups excluding carboxylic acids is 1. The molecule has 0 amide bonds. The molecular formula is C22H29N7O3. The van der Waals surface area contributed by atoms with E-state index in [-0.39, 0.29) is 5.97 Å². The number of tetrazole rings is 1. The molecule has 0 bridgehead atoms. The van der Waals surface area contributed by atoms with Crippen LogP contribution in [0.2, 0.25) is 0 Å². The number of ether oxygens (including phenoxy) is 1. The number of hydrogen-bond acceptors (Lipinski definition) is 9. The number of aromatic nitrogens is 5. The fourth-order valence-electron chi connectivity index (χ4n) is 5.14. The normalized spacial score (nSPS) is 22.4. The molecule has 32 heavy (non-hydrogen) atoms. The molecule has 0 aromatic carbocycles. The number of aliphatic hydroxyl groups is 1. The van der Waals surface area contributed by atoms with Crippen LogP contribution >= 0.6 is 0 Å². The molecule has 5 rings (SSSR count). The van der Waals surface area contributed by atoms with E-state index in [2.05, 4.69) is 30.3 Å². The van der Waals surface area contributed by atoms with Gasteiger partial charge in [0.15, 0.2) is 5.82 Å². The van der Waals surface area contributed by atoms with Crippen LogP contribution in [-0.4, -0.2) is 85.4 Å². The van der Waals surface area contributed by atoms with Crippen molar-refractivity contribution in [3.63, 3.8) is 0 Å². The summed E-state index contributed by atoms with van der Waals surface area (Å²) in [5.74, 6) is 0.419. The van der Waals surface area contributed by atoms with Gasteiger partial charge in [-0.1, -0.05) is 0 Å². The number of nitrogens with zero attached hydrogens (tertiary/aromatic N) is 7. The van der Waals surface area contributed by atoms with E-state index in [0.717, 1.165) is 68.7 Å². The van der Waals surface area contributed by atoms with Crippen molar-refractivity contribution in [3.8, 4) is 5.82 Å². The lowest BCUT2D eigenvalue weighted by atomic mass is 9.71. The largest absolute Gasteiger partial charge is 0.456 e. The SMILES string of the molecule is CC1=C(N2CCC3(CCN(C[C@@H](O)c4ccnc(-n5cnnn5)c4)CC3)CC2)COC1=O. The van der Waals surface area contributed by atoms with Crippen molar-refractivity contribution in [1.29, 1.82) is 0 Å². The van der Waals surface area contributed by atoms with Gasteiger partial charge in [-0.05, 0) is 79.2 Å². The number of aliphatic hydroxyl groups excluding tert-OH is 1. The van der Waals surface area contributed by atoms with Crippen LogP contribution in [0.3, 0.4) is 0 Å². The number of carbonyl (C=O) groups is 1. The molecule has 3 aliphatic rings. The molecule has 3 aliphatic heterocycles. The summed E-state index contributed by atoms with van der Waals surface area (Å²) in [6.07, 6.45) is 7.17. The van der Waals surface area contributed by atoms with Gasteiger partial charge in [0.25, 0.3) is 0 Å². The third-order valence-electron chi connectivity index (χ3n) is 7.37. The quantitative estimate of drug-likeness (QED) is 0.685. The Morgan fingerprint density at radius 3 is 2.59 bits per heavy atom. The molecule has 1 spiro atoms. The van der Waals surface area contributed by atoms with Crippen molar-refractivity contribution in [2.24, 2.45) is 5.41 Å². The molecule has 1 N–H and O–H groups in total. The zero-order valence-corrected chi connectivity index (χ0v) is 18.4. The average molecular weight is 440 g/mol. The van der Waals surface area contributed by atoms with Crippen molar-refractivity contribution in [3.05, 3.63) is 41.5 Å². The number of piperidine rings is 2. The first-order valence-corrected chi connectivity index (χ1v) is 11.2. The molecule has 10 nitrogen and oxygen atoms in total. The van der Waals surface area contributed by atoms with Crippen LogP contribution in [0.25, 0.3) is 5.82 Å². The molecule has 2 aromatic rings. The first kappa shape index (κ1) is 21.0.